The van der Waals surface area contributed by atoms with Crippen LogP contribution in [-0.2, 0) is 0 Å². The molecule has 0 aliphatic carbocycles. The molecule has 0 spiro atoms. The van der Waals surface area contributed by atoms with Crippen molar-refractivity contribution < 1.29 is 0 Å². The molecule has 0 amide bonds. The van der Waals surface area contributed by atoms with Gasteiger partial charge in [0.15, 0.2) is 0 Å². The maximum absolute atomic E-state index is 4.51. The van der Waals surface area contributed by atoms with Crippen LogP contribution < -0.4 is 15.1 Å². The Balaban J connectivity index is 1.65. The Labute approximate surface area is 130 Å². The van der Waals surface area contributed by atoms with Crippen LogP contribution in [0.2, 0.25) is 0 Å². The molecule has 22 heavy (non-hydrogen) atoms. The molecule has 1 saturated heterocycles. The van der Waals surface area contributed by atoms with Gasteiger partial charge in [0.25, 0.3) is 0 Å². The summed E-state index contributed by atoms with van der Waals surface area (Å²) in [5.41, 5.74) is 0. The highest BCUT2D eigenvalue weighted by Gasteiger charge is 2.23. The molecule has 116 valence electrons. The summed E-state index contributed by atoms with van der Waals surface area (Å²) in [4.78, 5) is 21.6. The maximum atomic E-state index is 4.51. The van der Waals surface area contributed by atoms with Crippen LogP contribution in [0.3, 0.4) is 0 Å². The molecule has 1 unspecified atom stereocenters. The molecule has 7 nitrogen and oxygen atoms in total. The number of rotatable bonds is 4. The van der Waals surface area contributed by atoms with Crippen molar-refractivity contribution in [3.05, 3.63) is 30.4 Å². The number of nitrogens with zero attached hydrogens (tertiary/aromatic N) is 6. The van der Waals surface area contributed by atoms with Gasteiger partial charge in [-0.1, -0.05) is 0 Å². The fourth-order valence-corrected chi connectivity index (χ4v) is 2.56. The highest BCUT2D eigenvalue weighted by molar-refractivity contribution is 5.44. The average molecular weight is 299 g/mol. The summed E-state index contributed by atoms with van der Waals surface area (Å²) in [6.45, 7) is 3.82. The lowest BCUT2D eigenvalue weighted by molar-refractivity contribution is 0.797. The van der Waals surface area contributed by atoms with E-state index in [0.717, 1.165) is 37.0 Å². The van der Waals surface area contributed by atoms with E-state index in [1.165, 1.54) is 0 Å². The molecule has 0 bridgehead atoms. The van der Waals surface area contributed by atoms with E-state index >= 15 is 0 Å². The van der Waals surface area contributed by atoms with E-state index in [4.69, 9.17) is 0 Å². The molecule has 2 aromatic rings. The number of aromatic nitrogens is 4. The van der Waals surface area contributed by atoms with E-state index in [1.807, 2.05) is 44.2 Å². The summed E-state index contributed by atoms with van der Waals surface area (Å²) in [5, 5.41) is 3.49. The lowest BCUT2D eigenvalue weighted by Gasteiger charge is -2.18. The molecule has 3 rings (SSSR count). The van der Waals surface area contributed by atoms with Crippen molar-refractivity contribution >= 4 is 17.6 Å². The first-order valence-electron chi connectivity index (χ1n) is 7.43. The van der Waals surface area contributed by atoms with E-state index in [-0.39, 0.29) is 0 Å². The minimum absolute atomic E-state index is 0.361. The molecule has 2 aromatic heterocycles. The van der Waals surface area contributed by atoms with Gasteiger partial charge in [0.1, 0.15) is 17.5 Å². The Morgan fingerprint density at radius 2 is 2.00 bits per heavy atom. The molecule has 3 heterocycles. The second-order valence-electron chi connectivity index (χ2n) is 5.67. The quantitative estimate of drug-likeness (QED) is 0.913. The maximum Gasteiger partial charge on any atom is 0.226 e. The molecule has 7 heteroatoms. The second kappa shape index (κ2) is 6.13. The molecular formula is C15H21N7. The van der Waals surface area contributed by atoms with Gasteiger partial charge < -0.3 is 15.1 Å². The summed E-state index contributed by atoms with van der Waals surface area (Å²) in [5.74, 6) is 3.38. The largest absolute Gasteiger partial charge is 0.365 e. The predicted octanol–water partition coefficient (Wildman–Crippen LogP) is 1.33. The predicted molar refractivity (Wildman–Crippen MR) is 87.4 cm³/mol. The highest BCUT2D eigenvalue weighted by atomic mass is 15.3. The Kier molecular flexibility index (Phi) is 4.04. The summed E-state index contributed by atoms with van der Waals surface area (Å²) < 4.78 is 0. The molecule has 1 N–H and O–H groups in total. The first-order chi connectivity index (χ1) is 10.6. The van der Waals surface area contributed by atoms with Crippen LogP contribution in [-0.4, -0.2) is 53.2 Å². The summed E-state index contributed by atoms with van der Waals surface area (Å²) in [6, 6.07) is 4.23. The van der Waals surface area contributed by atoms with Crippen molar-refractivity contribution in [2.75, 3.05) is 42.3 Å². The number of nitrogens with one attached hydrogen (secondary N) is 1. The number of hydrogen-bond donors (Lipinski definition) is 1. The standard InChI is InChI=1S/C15H21N7/c1-11-16-8-5-14(18-11)22-9-6-12(10-22)19-13-4-7-17-15(20-13)21(2)3/h4-5,7-8,12H,6,9-10H2,1-3H3,(H,17,19,20). The average Bonchev–Trinajstić information content (AvgIpc) is 2.96. The van der Waals surface area contributed by atoms with E-state index in [0.29, 0.717) is 12.0 Å². The molecule has 1 aliphatic heterocycles. The molecule has 1 atom stereocenters. The van der Waals surface area contributed by atoms with Crippen LogP contribution in [0.5, 0.6) is 0 Å². The van der Waals surface area contributed by atoms with Gasteiger partial charge in [0, 0.05) is 45.6 Å². The van der Waals surface area contributed by atoms with E-state index < -0.39 is 0 Å². The lowest BCUT2D eigenvalue weighted by Crippen LogP contribution is -2.27. The molecule has 0 radical (unpaired) electrons. The fourth-order valence-electron chi connectivity index (χ4n) is 2.56. The zero-order valence-electron chi connectivity index (χ0n) is 13.2. The Bertz CT molecular complexity index is 643. The Morgan fingerprint density at radius 3 is 2.77 bits per heavy atom. The number of anilines is 3. The molecular weight excluding hydrogens is 278 g/mol. The third-order valence-electron chi connectivity index (χ3n) is 3.67. The van der Waals surface area contributed by atoms with E-state index in [2.05, 4.69) is 30.2 Å². The van der Waals surface area contributed by atoms with Crippen molar-refractivity contribution in [3.63, 3.8) is 0 Å². The molecule has 1 aliphatic rings. The van der Waals surface area contributed by atoms with Crippen molar-refractivity contribution in [1.29, 1.82) is 0 Å². The van der Waals surface area contributed by atoms with Gasteiger partial charge in [0.05, 0.1) is 0 Å². The molecule has 0 aromatic carbocycles. The van der Waals surface area contributed by atoms with Crippen molar-refractivity contribution in [3.8, 4) is 0 Å². The molecule has 0 saturated carbocycles. The van der Waals surface area contributed by atoms with Crippen LogP contribution in [0.1, 0.15) is 12.2 Å². The van der Waals surface area contributed by atoms with Gasteiger partial charge in [-0.15, -0.1) is 0 Å². The lowest BCUT2D eigenvalue weighted by atomic mass is 10.2. The normalized spacial score (nSPS) is 17.6. The summed E-state index contributed by atoms with van der Waals surface area (Å²) >= 11 is 0. The number of aryl methyl sites for hydroxylation is 1. The van der Waals surface area contributed by atoms with Gasteiger partial charge in [-0.25, -0.2) is 15.0 Å². The van der Waals surface area contributed by atoms with Gasteiger partial charge in [0.2, 0.25) is 5.95 Å². The third kappa shape index (κ3) is 3.24. The molecule has 1 fully saturated rings. The van der Waals surface area contributed by atoms with E-state index in [9.17, 15) is 0 Å². The minimum Gasteiger partial charge on any atom is -0.365 e. The highest BCUT2D eigenvalue weighted by Crippen LogP contribution is 2.20. The van der Waals surface area contributed by atoms with Gasteiger partial charge >= 0.3 is 0 Å². The topological polar surface area (TPSA) is 70.1 Å². The van der Waals surface area contributed by atoms with Crippen LogP contribution >= 0.6 is 0 Å². The van der Waals surface area contributed by atoms with Gasteiger partial charge in [-0.3, -0.25) is 0 Å². The summed E-state index contributed by atoms with van der Waals surface area (Å²) in [7, 11) is 3.88. The van der Waals surface area contributed by atoms with Crippen LogP contribution in [0.4, 0.5) is 17.6 Å². The zero-order valence-corrected chi connectivity index (χ0v) is 13.2. The van der Waals surface area contributed by atoms with Crippen LogP contribution in [0.25, 0.3) is 0 Å². The third-order valence-corrected chi connectivity index (χ3v) is 3.67. The van der Waals surface area contributed by atoms with Gasteiger partial charge in [-0.05, 0) is 25.5 Å². The van der Waals surface area contributed by atoms with Crippen molar-refractivity contribution in [2.45, 2.75) is 19.4 Å². The summed E-state index contributed by atoms with van der Waals surface area (Å²) in [6.07, 6.45) is 4.65. The zero-order chi connectivity index (χ0) is 15.5. The van der Waals surface area contributed by atoms with Crippen LogP contribution in [0, 0.1) is 6.92 Å². The SMILES string of the molecule is Cc1nccc(N2CCC(Nc3ccnc(N(C)C)n3)C2)n1. The van der Waals surface area contributed by atoms with E-state index in [1.54, 1.807) is 6.20 Å². The van der Waals surface area contributed by atoms with Gasteiger partial charge in [-0.2, -0.15) is 4.98 Å². The van der Waals surface area contributed by atoms with Crippen molar-refractivity contribution in [2.24, 2.45) is 0 Å². The monoisotopic (exact) mass is 299 g/mol. The van der Waals surface area contributed by atoms with Crippen LogP contribution in [0.15, 0.2) is 24.5 Å². The minimum atomic E-state index is 0.361. The first kappa shape index (κ1) is 14.5. The Hall–Kier alpha value is -2.44. The Morgan fingerprint density at radius 1 is 1.18 bits per heavy atom. The first-order valence-corrected chi connectivity index (χ1v) is 7.43. The van der Waals surface area contributed by atoms with Crippen molar-refractivity contribution in [1.82, 2.24) is 19.9 Å². The smallest absolute Gasteiger partial charge is 0.226 e. The second-order valence-corrected chi connectivity index (χ2v) is 5.67. The number of hydrogen-bond acceptors (Lipinski definition) is 7. The fraction of sp³-hybridized carbons (Fsp3) is 0.467.